The van der Waals surface area contributed by atoms with Crippen LogP contribution >= 0.6 is 11.3 Å². The summed E-state index contributed by atoms with van der Waals surface area (Å²) in [6, 6.07) is 8.63. The zero-order valence-corrected chi connectivity index (χ0v) is 13.0. The molecule has 0 fully saturated rings. The molecule has 2 amide bonds. The van der Waals surface area contributed by atoms with Crippen LogP contribution in [0.3, 0.4) is 0 Å². The second-order valence-corrected chi connectivity index (χ2v) is 5.70. The topological polar surface area (TPSA) is 72.5 Å². The van der Waals surface area contributed by atoms with E-state index in [0.717, 1.165) is 11.1 Å². The van der Waals surface area contributed by atoms with Gasteiger partial charge < -0.3 is 4.74 Å². The summed E-state index contributed by atoms with van der Waals surface area (Å²) in [5, 5.41) is 3.90. The van der Waals surface area contributed by atoms with E-state index in [1.54, 1.807) is 36.6 Å². The number of carbonyl (C=O) groups excluding carboxylic acids is 3. The average Bonchev–Trinajstić information content (AvgIpc) is 2.99. The zero-order chi connectivity index (χ0) is 16.1. The van der Waals surface area contributed by atoms with Gasteiger partial charge in [0.25, 0.3) is 11.8 Å². The number of hydrogen-bond acceptors (Lipinski definition) is 5. The third-order valence-electron chi connectivity index (χ3n) is 2.93. The molecule has 0 bridgehead atoms. The van der Waals surface area contributed by atoms with Gasteiger partial charge in [-0.1, -0.05) is 23.8 Å². The first kappa shape index (κ1) is 15.9. The fraction of sp³-hybridized carbons (Fsp3) is 0.188. The van der Waals surface area contributed by atoms with Crippen LogP contribution in [0.1, 0.15) is 31.2 Å². The minimum Gasteiger partial charge on any atom is -0.452 e. The Morgan fingerprint density at radius 3 is 2.59 bits per heavy atom. The lowest BCUT2D eigenvalue weighted by molar-refractivity contribution is -0.123. The Bertz CT molecular complexity index is 707. The largest absolute Gasteiger partial charge is 0.452 e. The van der Waals surface area contributed by atoms with Crippen molar-refractivity contribution >= 4 is 29.1 Å². The number of rotatable bonds is 4. The predicted octanol–water partition coefficient (Wildman–Crippen LogP) is 2.48. The summed E-state index contributed by atoms with van der Waals surface area (Å²) < 4.78 is 4.93. The fourth-order valence-corrected chi connectivity index (χ4v) is 2.50. The highest BCUT2D eigenvalue weighted by molar-refractivity contribution is 7.12. The Morgan fingerprint density at radius 1 is 1.18 bits per heavy atom. The maximum atomic E-state index is 11.9. The molecule has 1 heterocycles. The highest BCUT2D eigenvalue weighted by atomic mass is 32.1. The quantitative estimate of drug-likeness (QED) is 0.879. The SMILES string of the molecule is Cc1ccc(C(=O)OCC(=O)NC(=O)c2cccs2)c(C)c1. The summed E-state index contributed by atoms with van der Waals surface area (Å²) in [5.74, 6) is -1.74. The minimum absolute atomic E-state index is 0.406. The molecule has 0 atom stereocenters. The number of ether oxygens (including phenoxy) is 1. The Labute approximate surface area is 131 Å². The maximum Gasteiger partial charge on any atom is 0.338 e. The molecule has 1 N–H and O–H groups in total. The van der Waals surface area contributed by atoms with Crippen LogP contribution in [0.4, 0.5) is 0 Å². The van der Waals surface area contributed by atoms with Gasteiger partial charge in [-0.15, -0.1) is 11.3 Å². The lowest BCUT2D eigenvalue weighted by Gasteiger charge is -2.07. The number of nitrogens with one attached hydrogen (secondary N) is 1. The molecule has 2 aromatic rings. The maximum absolute atomic E-state index is 11.9. The van der Waals surface area contributed by atoms with E-state index >= 15 is 0 Å². The van der Waals surface area contributed by atoms with E-state index in [-0.39, 0.29) is 0 Å². The van der Waals surface area contributed by atoms with Crippen LogP contribution in [-0.2, 0) is 9.53 Å². The summed E-state index contributed by atoms with van der Waals surface area (Å²) >= 11 is 1.23. The van der Waals surface area contributed by atoms with Crippen LogP contribution < -0.4 is 5.32 Å². The van der Waals surface area contributed by atoms with Crippen molar-refractivity contribution in [1.29, 1.82) is 0 Å². The Kier molecular flexibility index (Phi) is 5.06. The normalized spacial score (nSPS) is 10.1. The van der Waals surface area contributed by atoms with E-state index in [9.17, 15) is 14.4 Å². The number of benzene rings is 1. The van der Waals surface area contributed by atoms with Gasteiger partial charge in [0.2, 0.25) is 0 Å². The van der Waals surface area contributed by atoms with Crippen LogP contribution in [0.2, 0.25) is 0 Å². The van der Waals surface area contributed by atoms with Crippen LogP contribution in [0, 0.1) is 13.8 Å². The molecule has 0 aliphatic rings. The van der Waals surface area contributed by atoms with Gasteiger partial charge in [-0.3, -0.25) is 14.9 Å². The molecule has 0 aliphatic heterocycles. The molecule has 0 unspecified atom stereocenters. The molecule has 5 nitrogen and oxygen atoms in total. The van der Waals surface area contributed by atoms with Crippen LogP contribution in [0.15, 0.2) is 35.7 Å². The fourth-order valence-electron chi connectivity index (χ4n) is 1.88. The van der Waals surface area contributed by atoms with Gasteiger partial charge in [-0.05, 0) is 36.9 Å². The third-order valence-corrected chi connectivity index (χ3v) is 3.80. The van der Waals surface area contributed by atoms with E-state index in [0.29, 0.717) is 10.4 Å². The second-order valence-electron chi connectivity index (χ2n) is 4.75. The molecule has 114 valence electrons. The van der Waals surface area contributed by atoms with Crippen molar-refractivity contribution in [3.63, 3.8) is 0 Å². The van der Waals surface area contributed by atoms with Crippen molar-refractivity contribution in [1.82, 2.24) is 5.32 Å². The van der Waals surface area contributed by atoms with E-state index in [4.69, 9.17) is 4.74 Å². The number of thiophene rings is 1. The van der Waals surface area contributed by atoms with E-state index in [2.05, 4.69) is 5.32 Å². The molecule has 22 heavy (non-hydrogen) atoms. The lowest BCUT2D eigenvalue weighted by Crippen LogP contribution is -2.33. The standard InChI is InChI=1S/C16H15NO4S/c1-10-5-6-12(11(2)8-10)16(20)21-9-14(18)17-15(19)13-4-3-7-22-13/h3-8H,9H2,1-2H3,(H,17,18,19). The summed E-state index contributed by atoms with van der Waals surface area (Å²) in [4.78, 5) is 35.6. The van der Waals surface area contributed by atoms with E-state index < -0.39 is 24.4 Å². The van der Waals surface area contributed by atoms with Gasteiger partial charge in [-0.25, -0.2) is 4.79 Å². The minimum atomic E-state index is -0.656. The average molecular weight is 317 g/mol. The summed E-state index contributed by atoms with van der Waals surface area (Å²) in [6.07, 6.45) is 0. The molecule has 1 aromatic carbocycles. The van der Waals surface area contributed by atoms with Crippen molar-refractivity contribution in [2.24, 2.45) is 0 Å². The molecular weight excluding hydrogens is 302 g/mol. The number of esters is 1. The summed E-state index contributed by atoms with van der Waals surface area (Å²) in [6.45, 7) is 3.22. The van der Waals surface area contributed by atoms with Crippen molar-refractivity contribution < 1.29 is 19.1 Å². The molecule has 1 aromatic heterocycles. The highest BCUT2D eigenvalue weighted by Gasteiger charge is 2.15. The Balaban J connectivity index is 1.88. The van der Waals surface area contributed by atoms with E-state index in [1.165, 1.54) is 11.3 Å². The first-order valence-corrected chi connectivity index (χ1v) is 7.47. The smallest absolute Gasteiger partial charge is 0.338 e. The number of carbonyl (C=O) groups is 3. The number of aryl methyl sites for hydroxylation is 2. The molecule has 0 saturated carbocycles. The van der Waals surface area contributed by atoms with Gasteiger partial charge in [-0.2, -0.15) is 0 Å². The number of hydrogen-bond donors (Lipinski definition) is 1. The number of amides is 2. The number of imide groups is 1. The summed E-state index contributed by atoms with van der Waals surface area (Å²) in [5.41, 5.74) is 2.22. The zero-order valence-electron chi connectivity index (χ0n) is 12.2. The monoisotopic (exact) mass is 317 g/mol. The van der Waals surface area contributed by atoms with E-state index in [1.807, 2.05) is 13.0 Å². The van der Waals surface area contributed by atoms with Crippen molar-refractivity contribution in [3.05, 3.63) is 57.3 Å². The van der Waals surface area contributed by atoms with Gasteiger partial charge in [0.1, 0.15) is 0 Å². The van der Waals surface area contributed by atoms with Crippen LogP contribution in [-0.4, -0.2) is 24.4 Å². The van der Waals surface area contributed by atoms with Gasteiger partial charge in [0, 0.05) is 0 Å². The third kappa shape index (κ3) is 4.02. The van der Waals surface area contributed by atoms with Gasteiger partial charge >= 0.3 is 5.97 Å². The lowest BCUT2D eigenvalue weighted by atomic mass is 10.1. The second kappa shape index (κ2) is 7.00. The highest BCUT2D eigenvalue weighted by Crippen LogP contribution is 2.12. The van der Waals surface area contributed by atoms with Crippen LogP contribution in [0.25, 0.3) is 0 Å². The molecular formula is C16H15NO4S. The molecule has 0 saturated heterocycles. The summed E-state index contributed by atoms with van der Waals surface area (Å²) in [7, 11) is 0. The first-order valence-electron chi connectivity index (χ1n) is 6.59. The van der Waals surface area contributed by atoms with Gasteiger partial charge in [0.15, 0.2) is 6.61 Å². The van der Waals surface area contributed by atoms with Crippen LogP contribution in [0.5, 0.6) is 0 Å². The molecule has 2 rings (SSSR count). The molecule has 0 radical (unpaired) electrons. The molecule has 0 spiro atoms. The van der Waals surface area contributed by atoms with Crippen molar-refractivity contribution in [2.45, 2.75) is 13.8 Å². The van der Waals surface area contributed by atoms with Crippen molar-refractivity contribution in [3.8, 4) is 0 Å². The molecule has 0 aliphatic carbocycles. The van der Waals surface area contributed by atoms with Gasteiger partial charge in [0.05, 0.1) is 10.4 Å². The predicted molar refractivity (Wildman–Crippen MR) is 83.0 cm³/mol. The van der Waals surface area contributed by atoms with Crippen molar-refractivity contribution in [2.75, 3.05) is 6.61 Å². The Morgan fingerprint density at radius 2 is 1.95 bits per heavy atom. The first-order chi connectivity index (χ1) is 10.5. The molecule has 6 heteroatoms. The Hall–Kier alpha value is -2.47.